The van der Waals surface area contributed by atoms with Gasteiger partial charge in [-0.15, -0.1) is 0 Å². The van der Waals surface area contributed by atoms with Crippen molar-refractivity contribution in [2.45, 2.75) is 25.4 Å². The highest BCUT2D eigenvalue weighted by atomic mass is 32.2. The molecule has 0 radical (unpaired) electrons. The summed E-state index contributed by atoms with van der Waals surface area (Å²) >= 11 is 1.78. The topological polar surface area (TPSA) is 37.3 Å². The molecule has 1 fully saturated rings. The predicted octanol–water partition coefficient (Wildman–Crippen LogP) is 2.30. The van der Waals surface area contributed by atoms with Crippen LogP contribution in [0.15, 0.2) is 24.3 Å². The molecule has 0 amide bonds. The first-order valence-corrected chi connectivity index (χ1v) is 6.65. The molecule has 1 unspecified atom stereocenters. The van der Waals surface area contributed by atoms with Gasteiger partial charge in [0.15, 0.2) is 5.78 Å². The van der Waals surface area contributed by atoms with Crippen molar-refractivity contribution in [3.05, 3.63) is 35.4 Å². The van der Waals surface area contributed by atoms with Gasteiger partial charge in [-0.25, -0.2) is 0 Å². The molecule has 0 aliphatic carbocycles. The van der Waals surface area contributed by atoms with Gasteiger partial charge in [0.1, 0.15) is 0 Å². The SMILES string of the molecule is CC(=O)c1ccccc1CC1(O)CCSC1. The van der Waals surface area contributed by atoms with Gasteiger partial charge in [-0.1, -0.05) is 24.3 Å². The molecular formula is C13H16O2S. The molecule has 0 spiro atoms. The molecule has 1 atom stereocenters. The smallest absolute Gasteiger partial charge is 0.160 e. The summed E-state index contributed by atoms with van der Waals surface area (Å²) in [5.41, 5.74) is 1.10. The normalized spacial score (nSPS) is 24.6. The van der Waals surface area contributed by atoms with Crippen LogP contribution in [0.2, 0.25) is 0 Å². The first-order valence-electron chi connectivity index (χ1n) is 5.50. The Labute approximate surface area is 100 Å². The predicted molar refractivity (Wildman–Crippen MR) is 67.0 cm³/mol. The number of carbonyl (C=O) groups is 1. The minimum Gasteiger partial charge on any atom is -0.389 e. The second-order valence-electron chi connectivity index (χ2n) is 4.42. The van der Waals surface area contributed by atoms with Gasteiger partial charge in [0.25, 0.3) is 0 Å². The highest BCUT2D eigenvalue weighted by Gasteiger charge is 2.32. The molecule has 2 nitrogen and oxygen atoms in total. The van der Waals surface area contributed by atoms with Crippen molar-refractivity contribution in [2.75, 3.05) is 11.5 Å². The molecule has 1 aromatic rings. The van der Waals surface area contributed by atoms with E-state index in [9.17, 15) is 9.90 Å². The van der Waals surface area contributed by atoms with E-state index in [4.69, 9.17) is 0 Å². The summed E-state index contributed by atoms with van der Waals surface area (Å²) in [6.07, 6.45) is 1.42. The van der Waals surface area contributed by atoms with Crippen molar-refractivity contribution in [2.24, 2.45) is 0 Å². The number of ketones is 1. The Hall–Kier alpha value is -0.800. The van der Waals surface area contributed by atoms with Gasteiger partial charge in [0, 0.05) is 17.7 Å². The van der Waals surface area contributed by atoms with Crippen molar-refractivity contribution in [3.63, 3.8) is 0 Å². The molecule has 2 rings (SSSR count). The number of aliphatic hydroxyl groups is 1. The van der Waals surface area contributed by atoms with Gasteiger partial charge < -0.3 is 5.11 Å². The summed E-state index contributed by atoms with van der Waals surface area (Å²) in [5, 5.41) is 10.3. The van der Waals surface area contributed by atoms with Gasteiger partial charge in [-0.2, -0.15) is 11.8 Å². The van der Waals surface area contributed by atoms with Crippen LogP contribution in [0.25, 0.3) is 0 Å². The van der Waals surface area contributed by atoms with E-state index in [2.05, 4.69) is 0 Å². The van der Waals surface area contributed by atoms with Gasteiger partial charge >= 0.3 is 0 Å². The fourth-order valence-corrected chi connectivity index (χ4v) is 3.40. The van der Waals surface area contributed by atoms with E-state index in [1.807, 2.05) is 24.3 Å². The zero-order chi connectivity index (χ0) is 11.6. The lowest BCUT2D eigenvalue weighted by molar-refractivity contribution is 0.0683. The molecule has 1 aromatic carbocycles. The van der Waals surface area contributed by atoms with Crippen LogP contribution in [0.4, 0.5) is 0 Å². The number of thioether (sulfide) groups is 1. The summed E-state index contributed by atoms with van der Waals surface area (Å²) in [7, 11) is 0. The molecule has 86 valence electrons. The third-order valence-electron chi connectivity index (χ3n) is 3.00. The molecule has 1 aliphatic rings. The minimum absolute atomic E-state index is 0.0739. The molecule has 0 bridgehead atoms. The third-order valence-corrected chi connectivity index (χ3v) is 4.23. The largest absolute Gasteiger partial charge is 0.389 e. The Kier molecular flexibility index (Phi) is 3.36. The van der Waals surface area contributed by atoms with Crippen LogP contribution < -0.4 is 0 Å². The van der Waals surface area contributed by atoms with Crippen LogP contribution in [0.3, 0.4) is 0 Å². The first-order chi connectivity index (χ1) is 7.61. The molecule has 0 aromatic heterocycles. The van der Waals surface area contributed by atoms with Crippen LogP contribution in [0.5, 0.6) is 0 Å². The Balaban J connectivity index is 2.23. The maximum absolute atomic E-state index is 11.5. The third kappa shape index (κ3) is 2.47. The Morgan fingerprint density at radius 1 is 1.50 bits per heavy atom. The van der Waals surface area contributed by atoms with Crippen molar-refractivity contribution in [3.8, 4) is 0 Å². The Morgan fingerprint density at radius 3 is 2.88 bits per heavy atom. The Bertz CT molecular complexity index is 395. The lowest BCUT2D eigenvalue weighted by Gasteiger charge is -2.22. The second-order valence-corrected chi connectivity index (χ2v) is 5.52. The quantitative estimate of drug-likeness (QED) is 0.818. The minimum atomic E-state index is -0.615. The van der Waals surface area contributed by atoms with Gasteiger partial charge in [-0.3, -0.25) is 4.79 Å². The maximum atomic E-state index is 11.5. The van der Waals surface area contributed by atoms with E-state index in [1.165, 1.54) is 0 Å². The first kappa shape index (κ1) is 11.7. The van der Waals surface area contributed by atoms with Crippen LogP contribution in [0, 0.1) is 0 Å². The molecular weight excluding hydrogens is 220 g/mol. The van der Waals surface area contributed by atoms with E-state index < -0.39 is 5.60 Å². The van der Waals surface area contributed by atoms with E-state index >= 15 is 0 Å². The highest BCUT2D eigenvalue weighted by Crippen LogP contribution is 2.31. The maximum Gasteiger partial charge on any atom is 0.160 e. The zero-order valence-corrected chi connectivity index (χ0v) is 10.2. The van der Waals surface area contributed by atoms with Crippen molar-refractivity contribution in [1.82, 2.24) is 0 Å². The molecule has 1 aliphatic heterocycles. The highest BCUT2D eigenvalue weighted by molar-refractivity contribution is 7.99. The monoisotopic (exact) mass is 236 g/mol. The van der Waals surface area contributed by atoms with Crippen molar-refractivity contribution >= 4 is 17.5 Å². The van der Waals surface area contributed by atoms with Crippen molar-refractivity contribution < 1.29 is 9.90 Å². The number of Topliss-reactive ketones (excluding diaryl/α,β-unsaturated/α-hetero) is 1. The second kappa shape index (κ2) is 4.60. The number of benzene rings is 1. The summed E-state index contributed by atoms with van der Waals surface area (Å²) in [4.78, 5) is 11.5. The van der Waals surface area contributed by atoms with Gasteiger partial charge in [0.05, 0.1) is 5.60 Å². The molecule has 16 heavy (non-hydrogen) atoms. The molecule has 1 heterocycles. The van der Waals surface area contributed by atoms with E-state index in [0.29, 0.717) is 6.42 Å². The van der Waals surface area contributed by atoms with E-state index in [-0.39, 0.29) is 5.78 Å². The summed E-state index contributed by atoms with van der Waals surface area (Å²) < 4.78 is 0. The van der Waals surface area contributed by atoms with Crippen LogP contribution >= 0.6 is 11.8 Å². The zero-order valence-electron chi connectivity index (χ0n) is 9.40. The number of hydrogen-bond acceptors (Lipinski definition) is 3. The summed E-state index contributed by atoms with van der Waals surface area (Å²) in [5.74, 6) is 1.86. The van der Waals surface area contributed by atoms with E-state index in [1.54, 1.807) is 18.7 Å². The summed E-state index contributed by atoms with van der Waals surface area (Å²) in [6.45, 7) is 1.58. The number of rotatable bonds is 3. The lowest BCUT2D eigenvalue weighted by atomic mass is 9.90. The molecule has 1 saturated heterocycles. The Morgan fingerprint density at radius 2 is 2.25 bits per heavy atom. The standard InChI is InChI=1S/C13H16O2S/c1-10(14)12-5-3-2-4-11(12)8-13(15)6-7-16-9-13/h2-5,15H,6-9H2,1H3. The number of hydrogen-bond donors (Lipinski definition) is 1. The van der Waals surface area contributed by atoms with Crippen LogP contribution in [0.1, 0.15) is 29.3 Å². The summed E-state index contributed by atoms with van der Waals surface area (Å²) in [6, 6.07) is 7.57. The van der Waals surface area contributed by atoms with E-state index in [0.717, 1.165) is 29.1 Å². The van der Waals surface area contributed by atoms with Gasteiger partial charge in [-0.05, 0) is 24.7 Å². The van der Waals surface area contributed by atoms with Crippen LogP contribution in [-0.2, 0) is 6.42 Å². The lowest BCUT2D eigenvalue weighted by Crippen LogP contribution is -2.31. The van der Waals surface area contributed by atoms with Gasteiger partial charge in [0.2, 0.25) is 0 Å². The fraction of sp³-hybridized carbons (Fsp3) is 0.462. The average molecular weight is 236 g/mol. The molecule has 0 saturated carbocycles. The number of carbonyl (C=O) groups excluding carboxylic acids is 1. The average Bonchev–Trinajstić information content (AvgIpc) is 2.65. The van der Waals surface area contributed by atoms with Crippen LogP contribution in [-0.4, -0.2) is 28.0 Å². The molecule has 1 N–H and O–H groups in total. The fourth-order valence-electron chi connectivity index (χ4n) is 2.11. The molecule has 3 heteroatoms. The van der Waals surface area contributed by atoms with Crippen molar-refractivity contribution in [1.29, 1.82) is 0 Å².